The summed E-state index contributed by atoms with van der Waals surface area (Å²) in [6.45, 7) is 7.88. The van der Waals surface area contributed by atoms with Crippen LogP contribution >= 0.6 is 11.6 Å². The summed E-state index contributed by atoms with van der Waals surface area (Å²) in [7, 11) is 1.50. The van der Waals surface area contributed by atoms with Crippen molar-refractivity contribution in [3.8, 4) is 5.75 Å². The molecule has 0 spiro atoms. The van der Waals surface area contributed by atoms with Gasteiger partial charge in [-0.15, -0.1) is 0 Å². The highest BCUT2D eigenvalue weighted by atomic mass is 35.5. The van der Waals surface area contributed by atoms with Crippen molar-refractivity contribution >= 4 is 23.2 Å². The van der Waals surface area contributed by atoms with Gasteiger partial charge < -0.3 is 20.5 Å². The Labute approximate surface area is 141 Å². The summed E-state index contributed by atoms with van der Waals surface area (Å²) in [6, 6.07) is 3.09. The van der Waals surface area contributed by atoms with Gasteiger partial charge in [0.25, 0.3) is 5.91 Å². The average Bonchev–Trinajstić information content (AvgIpc) is 2.48. The largest absolute Gasteiger partial charge is 0.496 e. The van der Waals surface area contributed by atoms with Crippen LogP contribution in [0.5, 0.6) is 5.75 Å². The van der Waals surface area contributed by atoms with Crippen molar-refractivity contribution in [2.45, 2.75) is 19.4 Å². The number of carbonyl (C=O) groups excluding carboxylic acids is 1. The quantitative estimate of drug-likeness (QED) is 0.798. The second-order valence-corrected chi connectivity index (χ2v) is 6.62. The topological polar surface area (TPSA) is 76.8 Å². The lowest BCUT2D eigenvalue weighted by Gasteiger charge is -2.38. The van der Waals surface area contributed by atoms with E-state index in [4.69, 9.17) is 26.8 Å². The number of anilines is 1. The molecule has 1 amide bonds. The third kappa shape index (κ3) is 4.73. The predicted molar refractivity (Wildman–Crippen MR) is 91.2 cm³/mol. The van der Waals surface area contributed by atoms with Crippen molar-refractivity contribution in [2.24, 2.45) is 0 Å². The highest BCUT2D eigenvalue weighted by molar-refractivity contribution is 6.33. The summed E-state index contributed by atoms with van der Waals surface area (Å²) in [6.07, 6.45) is 0. The Balaban J connectivity index is 1.91. The minimum atomic E-state index is -0.226. The molecule has 0 saturated carbocycles. The van der Waals surface area contributed by atoms with Crippen LogP contribution in [0.3, 0.4) is 0 Å². The average molecular weight is 342 g/mol. The van der Waals surface area contributed by atoms with Gasteiger partial charge in [0, 0.05) is 32.2 Å². The van der Waals surface area contributed by atoms with Gasteiger partial charge in [-0.3, -0.25) is 9.69 Å². The monoisotopic (exact) mass is 341 g/mol. The fourth-order valence-electron chi connectivity index (χ4n) is 2.64. The Morgan fingerprint density at radius 3 is 2.91 bits per heavy atom. The summed E-state index contributed by atoms with van der Waals surface area (Å²) in [4.78, 5) is 14.6. The third-order valence-corrected chi connectivity index (χ3v) is 4.11. The molecular weight excluding hydrogens is 318 g/mol. The number of halogens is 1. The number of methoxy groups -OCH3 is 1. The first kappa shape index (κ1) is 17.8. The SMILES string of the molecule is COc1cc(N)c(Cl)cc1C(=O)NCCN1CCOC(C)(C)C1. The molecule has 0 aromatic heterocycles. The fourth-order valence-corrected chi connectivity index (χ4v) is 2.81. The van der Waals surface area contributed by atoms with Gasteiger partial charge in [0.1, 0.15) is 5.75 Å². The molecule has 7 heteroatoms. The molecule has 0 atom stereocenters. The van der Waals surface area contributed by atoms with E-state index in [1.165, 1.54) is 13.2 Å². The molecule has 0 unspecified atom stereocenters. The van der Waals surface area contributed by atoms with E-state index in [-0.39, 0.29) is 11.5 Å². The molecule has 0 radical (unpaired) electrons. The second-order valence-electron chi connectivity index (χ2n) is 6.21. The number of nitrogen functional groups attached to an aromatic ring is 1. The summed E-state index contributed by atoms with van der Waals surface area (Å²) in [5.41, 5.74) is 6.35. The van der Waals surface area contributed by atoms with Gasteiger partial charge in [0.15, 0.2) is 0 Å². The molecule has 23 heavy (non-hydrogen) atoms. The molecule has 1 fully saturated rings. The van der Waals surface area contributed by atoms with Gasteiger partial charge in [-0.05, 0) is 19.9 Å². The molecule has 1 aromatic carbocycles. The maximum absolute atomic E-state index is 12.3. The van der Waals surface area contributed by atoms with Crippen molar-refractivity contribution < 1.29 is 14.3 Å². The molecular formula is C16H24ClN3O3. The van der Waals surface area contributed by atoms with Gasteiger partial charge in [-0.2, -0.15) is 0 Å². The van der Waals surface area contributed by atoms with Crippen LogP contribution < -0.4 is 15.8 Å². The van der Waals surface area contributed by atoms with Crippen LogP contribution in [0.1, 0.15) is 24.2 Å². The van der Waals surface area contributed by atoms with Crippen molar-refractivity contribution in [1.29, 1.82) is 0 Å². The first-order chi connectivity index (χ1) is 10.8. The third-order valence-electron chi connectivity index (χ3n) is 3.78. The summed E-state index contributed by atoms with van der Waals surface area (Å²) >= 11 is 5.99. The number of nitrogens with two attached hydrogens (primary N) is 1. The second kappa shape index (κ2) is 7.38. The van der Waals surface area contributed by atoms with Crippen LogP contribution in [0.15, 0.2) is 12.1 Å². The number of nitrogens with one attached hydrogen (secondary N) is 1. The van der Waals surface area contributed by atoms with Crippen molar-refractivity contribution in [3.63, 3.8) is 0 Å². The lowest BCUT2D eigenvalue weighted by Crippen LogP contribution is -2.50. The first-order valence-corrected chi connectivity index (χ1v) is 7.98. The van der Waals surface area contributed by atoms with Crippen LogP contribution in [0, 0.1) is 0 Å². The van der Waals surface area contributed by atoms with Crippen LogP contribution in [0.25, 0.3) is 0 Å². The molecule has 1 aliphatic heterocycles. The minimum Gasteiger partial charge on any atom is -0.496 e. The van der Waals surface area contributed by atoms with E-state index in [2.05, 4.69) is 24.1 Å². The van der Waals surface area contributed by atoms with Crippen LogP contribution in [-0.2, 0) is 4.74 Å². The number of carbonyl (C=O) groups is 1. The van der Waals surface area contributed by atoms with E-state index in [0.717, 1.165) is 19.6 Å². The first-order valence-electron chi connectivity index (χ1n) is 7.60. The highest BCUT2D eigenvalue weighted by Gasteiger charge is 2.26. The number of hydrogen-bond acceptors (Lipinski definition) is 5. The van der Waals surface area contributed by atoms with Gasteiger partial charge >= 0.3 is 0 Å². The molecule has 1 aliphatic rings. The van der Waals surface area contributed by atoms with Gasteiger partial charge in [-0.1, -0.05) is 11.6 Å². The molecule has 6 nitrogen and oxygen atoms in total. The van der Waals surface area contributed by atoms with Crippen molar-refractivity contribution in [3.05, 3.63) is 22.7 Å². The maximum atomic E-state index is 12.3. The number of hydrogen-bond donors (Lipinski definition) is 2. The Morgan fingerprint density at radius 2 is 2.26 bits per heavy atom. The van der Waals surface area contributed by atoms with Gasteiger partial charge in [-0.25, -0.2) is 0 Å². The number of rotatable bonds is 5. The Bertz CT molecular complexity index is 578. The standard InChI is InChI=1S/C16H24ClN3O3/c1-16(2)10-20(6-7-23-16)5-4-19-15(21)11-8-12(17)13(18)9-14(11)22-3/h8-9H,4-7,10,18H2,1-3H3,(H,19,21). The summed E-state index contributed by atoms with van der Waals surface area (Å²) in [5.74, 6) is 0.188. The number of benzene rings is 1. The van der Waals surface area contributed by atoms with Crippen molar-refractivity contribution in [2.75, 3.05) is 45.6 Å². The Hall–Kier alpha value is -1.50. The zero-order valence-electron chi connectivity index (χ0n) is 13.8. The number of morpholine rings is 1. The molecule has 1 aromatic rings. The number of amides is 1. The highest BCUT2D eigenvalue weighted by Crippen LogP contribution is 2.28. The lowest BCUT2D eigenvalue weighted by molar-refractivity contribution is -0.0853. The zero-order chi connectivity index (χ0) is 17.0. The predicted octanol–water partition coefficient (Wildman–Crippen LogP) is 1.77. The van der Waals surface area contributed by atoms with Gasteiger partial charge in [0.05, 0.1) is 35.6 Å². The molecule has 128 valence electrons. The van der Waals surface area contributed by atoms with E-state index < -0.39 is 0 Å². The van der Waals surface area contributed by atoms with Crippen molar-refractivity contribution in [1.82, 2.24) is 10.2 Å². The lowest BCUT2D eigenvalue weighted by atomic mass is 10.1. The molecule has 2 rings (SSSR count). The Morgan fingerprint density at radius 1 is 1.52 bits per heavy atom. The van der Waals surface area contributed by atoms with Gasteiger partial charge in [0.2, 0.25) is 0 Å². The number of ether oxygens (including phenoxy) is 2. The molecule has 0 aliphatic carbocycles. The molecule has 1 heterocycles. The smallest absolute Gasteiger partial charge is 0.255 e. The van der Waals surface area contributed by atoms with E-state index in [1.807, 2.05) is 0 Å². The summed E-state index contributed by atoms with van der Waals surface area (Å²) < 4.78 is 10.9. The number of nitrogens with zero attached hydrogens (tertiary/aromatic N) is 1. The minimum absolute atomic E-state index is 0.143. The van der Waals surface area contributed by atoms with Crippen LogP contribution in [0.4, 0.5) is 5.69 Å². The molecule has 1 saturated heterocycles. The maximum Gasteiger partial charge on any atom is 0.255 e. The van der Waals surface area contributed by atoms with E-state index in [9.17, 15) is 4.79 Å². The molecule has 3 N–H and O–H groups in total. The van der Waals surface area contributed by atoms with E-state index in [1.54, 1.807) is 6.07 Å². The van der Waals surface area contributed by atoms with E-state index in [0.29, 0.717) is 35.2 Å². The Kier molecular flexibility index (Phi) is 5.73. The summed E-state index contributed by atoms with van der Waals surface area (Å²) in [5, 5.41) is 3.23. The normalized spacial score (nSPS) is 17.7. The van der Waals surface area contributed by atoms with Crippen LogP contribution in [0.2, 0.25) is 5.02 Å². The fraction of sp³-hybridized carbons (Fsp3) is 0.562. The zero-order valence-corrected chi connectivity index (χ0v) is 14.6. The van der Waals surface area contributed by atoms with E-state index >= 15 is 0 Å². The molecule has 0 bridgehead atoms. The van der Waals surface area contributed by atoms with Crippen LogP contribution in [-0.4, -0.2) is 56.3 Å².